The number of halogens is 3. The van der Waals surface area contributed by atoms with Gasteiger partial charge in [-0.2, -0.15) is 23.0 Å². The number of anilines is 1. The van der Waals surface area contributed by atoms with Crippen molar-refractivity contribution in [1.82, 2.24) is 14.8 Å². The quantitative estimate of drug-likeness (QED) is 0.429. The third-order valence-electron chi connectivity index (χ3n) is 4.57. The van der Waals surface area contributed by atoms with E-state index in [0.29, 0.717) is 16.6 Å². The fraction of sp³-hybridized carbons (Fsp3) is 0.136. The highest BCUT2D eigenvalue weighted by Crippen LogP contribution is 2.30. The van der Waals surface area contributed by atoms with E-state index in [1.165, 1.54) is 16.0 Å². The van der Waals surface area contributed by atoms with Crippen molar-refractivity contribution in [1.29, 1.82) is 0 Å². The normalized spacial score (nSPS) is 11.5. The Bertz CT molecular complexity index is 1230. The molecule has 158 valence electrons. The maximum Gasteiger partial charge on any atom is 0.416 e. The summed E-state index contributed by atoms with van der Waals surface area (Å²) in [6.45, 7) is 3.78. The summed E-state index contributed by atoms with van der Waals surface area (Å²) in [5, 5.41) is 9.57. The van der Waals surface area contributed by atoms with Gasteiger partial charge in [0.2, 0.25) is 5.13 Å². The molecule has 0 radical (unpaired) electrons. The number of hydrogen-bond acceptors (Lipinski definition) is 4. The van der Waals surface area contributed by atoms with E-state index >= 15 is 0 Å². The van der Waals surface area contributed by atoms with Crippen LogP contribution < -0.4 is 5.32 Å². The summed E-state index contributed by atoms with van der Waals surface area (Å²) in [5.41, 5.74) is 2.86. The molecule has 1 amide bonds. The first-order valence-corrected chi connectivity index (χ1v) is 10.2. The molecule has 31 heavy (non-hydrogen) atoms. The molecule has 0 saturated heterocycles. The number of nitrogens with one attached hydrogen (secondary N) is 1. The summed E-state index contributed by atoms with van der Waals surface area (Å²) in [6, 6.07) is 13.7. The first kappa shape index (κ1) is 20.8. The van der Waals surface area contributed by atoms with Gasteiger partial charge in [0.15, 0.2) is 0 Å². The molecule has 4 aromatic rings. The van der Waals surface area contributed by atoms with E-state index in [1.807, 2.05) is 36.6 Å². The Morgan fingerprint density at radius 1 is 1.03 bits per heavy atom. The molecule has 0 bridgehead atoms. The zero-order valence-electron chi connectivity index (χ0n) is 16.6. The summed E-state index contributed by atoms with van der Waals surface area (Å²) in [5.74, 6) is -0.155. The predicted octanol–water partition coefficient (Wildman–Crippen LogP) is 5.88. The van der Waals surface area contributed by atoms with Crippen LogP contribution in [0.5, 0.6) is 0 Å². The zero-order chi connectivity index (χ0) is 22.2. The standard InChI is InChI=1S/C22H17F3N4OS/c1-13-3-5-15(6-4-13)18-12-31-21(26-18)29-19(11-14(2)28-29)27-20(30)16-7-9-17(10-8-16)22(23,24)25/h3-12H,1-2H3,(H,27,30). The van der Waals surface area contributed by atoms with Crippen molar-refractivity contribution in [3.8, 4) is 16.4 Å². The van der Waals surface area contributed by atoms with Gasteiger partial charge in [0.05, 0.1) is 17.0 Å². The van der Waals surface area contributed by atoms with Gasteiger partial charge in [-0.05, 0) is 38.1 Å². The number of carbonyl (C=O) groups excluding carboxylic acids is 1. The molecular weight excluding hydrogens is 425 g/mol. The van der Waals surface area contributed by atoms with E-state index in [9.17, 15) is 18.0 Å². The van der Waals surface area contributed by atoms with Gasteiger partial charge in [-0.15, -0.1) is 11.3 Å². The minimum Gasteiger partial charge on any atom is -0.306 e. The number of alkyl halides is 3. The van der Waals surface area contributed by atoms with Crippen LogP contribution in [-0.2, 0) is 6.18 Å². The Kier molecular flexibility index (Phi) is 5.36. The molecule has 0 aliphatic heterocycles. The number of amides is 1. The molecule has 1 N–H and O–H groups in total. The SMILES string of the molecule is Cc1ccc(-c2csc(-n3nc(C)cc3NC(=O)c3ccc(C(F)(F)F)cc3)n2)cc1. The number of aryl methyl sites for hydroxylation is 2. The second-order valence-corrected chi connectivity index (χ2v) is 7.83. The number of carbonyl (C=O) groups is 1. The minimum atomic E-state index is -4.45. The van der Waals surface area contributed by atoms with Crippen molar-refractivity contribution in [2.75, 3.05) is 5.32 Å². The van der Waals surface area contributed by atoms with Crippen molar-refractivity contribution in [2.45, 2.75) is 20.0 Å². The Morgan fingerprint density at radius 3 is 2.35 bits per heavy atom. The molecule has 0 atom stereocenters. The van der Waals surface area contributed by atoms with E-state index in [1.54, 1.807) is 13.0 Å². The third kappa shape index (κ3) is 4.51. The van der Waals surface area contributed by atoms with Crippen molar-refractivity contribution in [3.05, 3.63) is 82.4 Å². The van der Waals surface area contributed by atoms with Gasteiger partial charge < -0.3 is 5.32 Å². The van der Waals surface area contributed by atoms with Gasteiger partial charge in [0, 0.05) is 22.6 Å². The van der Waals surface area contributed by atoms with Crippen LogP contribution in [0.4, 0.5) is 19.0 Å². The monoisotopic (exact) mass is 442 g/mol. The van der Waals surface area contributed by atoms with Gasteiger partial charge in [-0.25, -0.2) is 4.98 Å². The highest BCUT2D eigenvalue weighted by atomic mass is 32.1. The van der Waals surface area contributed by atoms with Crippen LogP contribution in [0.25, 0.3) is 16.4 Å². The van der Waals surface area contributed by atoms with Gasteiger partial charge in [0.25, 0.3) is 5.91 Å². The Balaban J connectivity index is 1.58. The maximum atomic E-state index is 12.7. The van der Waals surface area contributed by atoms with Gasteiger partial charge >= 0.3 is 6.18 Å². The van der Waals surface area contributed by atoms with Gasteiger partial charge in [-0.3, -0.25) is 4.79 Å². The Labute approximate surface area is 180 Å². The van der Waals surface area contributed by atoms with E-state index in [-0.39, 0.29) is 5.56 Å². The van der Waals surface area contributed by atoms with Crippen LogP contribution >= 0.6 is 11.3 Å². The molecule has 0 spiro atoms. The molecule has 2 heterocycles. The summed E-state index contributed by atoms with van der Waals surface area (Å²) < 4.78 is 39.7. The first-order chi connectivity index (χ1) is 14.7. The van der Waals surface area contributed by atoms with Crippen molar-refractivity contribution in [2.24, 2.45) is 0 Å². The summed E-state index contributed by atoms with van der Waals surface area (Å²) in [4.78, 5) is 17.2. The Hall–Kier alpha value is -3.46. The van der Waals surface area contributed by atoms with Crippen LogP contribution in [0, 0.1) is 13.8 Å². The largest absolute Gasteiger partial charge is 0.416 e. The summed E-state index contributed by atoms with van der Waals surface area (Å²) >= 11 is 1.37. The average molecular weight is 442 g/mol. The molecule has 2 aromatic carbocycles. The molecule has 5 nitrogen and oxygen atoms in total. The Morgan fingerprint density at radius 2 is 1.71 bits per heavy atom. The van der Waals surface area contributed by atoms with Crippen LogP contribution in [0.15, 0.2) is 60.0 Å². The number of rotatable bonds is 4. The second-order valence-electron chi connectivity index (χ2n) is 6.99. The highest BCUT2D eigenvalue weighted by Gasteiger charge is 2.30. The molecule has 0 aliphatic carbocycles. The molecule has 9 heteroatoms. The number of benzene rings is 2. The molecule has 0 aliphatic rings. The number of thiazole rings is 1. The molecule has 2 aromatic heterocycles. The fourth-order valence-electron chi connectivity index (χ4n) is 2.95. The first-order valence-electron chi connectivity index (χ1n) is 9.29. The van der Waals surface area contributed by atoms with E-state index in [4.69, 9.17) is 0 Å². The second kappa shape index (κ2) is 7.99. The maximum absolute atomic E-state index is 12.7. The van der Waals surface area contributed by atoms with E-state index in [2.05, 4.69) is 15.4 Å². The lowest BCUT2D eigenvalue weighted by atomic mass is 10.1. The van der Waals surface area contributed by atoms with Gasteiger partial charge in [-0.1, -0.05) is 29.8 Å². The van der Waals surface area contributed by atoms with Gasteiger partial charge in [0.1, 0.15) is 5.82 Å². The lowest BCUT2D eigenvalue weighted by Gasteiger charge is -2.09. The molecule has 0 fully saturated rings. The number of hydrogen-bond donors (Lipinski definition) is 1. The van der Waals surface area contributed by atoms with Crippen LogP contribution in [-0.4, -0.2) is 20.7 Å². The van der Waals surface area contributed by atoms with E-state index in [0.717, 1.165) is 41.1 Å². The van der Waals surface area contributed by atoms with E-state index < -0.39 is 17.6 Å². The number of aromatic nitrogens is 3. The minimum absolute atomic E-state index is 0.109. The molecular formula is C22H17F3N4OS. The number of nitrogens with zero attached hydrogens (tertiary/aromatic N) is 3. The molecule has 0 saturated carbocycles. The smallest absolute Gasteiger partial charge is 0.306 e. The highest BCUT2D eigenvalue weighted by molar-refractivity contribution is 7.12. The van der Waals surface area contributed by atoms with Crippen molar-refractivity contribution in [3.63, 3.8) is 0 Å². The van der Waals surface area contributed by atoms with Crippen molar-refractivity contribution < 1.29 is 18.0 Å². The third-order valence-corrected chi connectivity index (χ3v) is 5.38. The average Bonchev–Trinajstić information content (AvgIpc) is 3.34. The molecule has 0 unspecified atom stereocenters. The zero-order valence-corrected chi connectivity index (χ0v) is 17.4. The fourth-order valence-corrected chi connectivity index (χ4v) is 3.75. The lowest BCUT2D eigenvalue weighted by Crippen LogP contribution is -2.15. The van der Waals surface area contributed by atoms with Crippen LogP contribution in [0.1, 0.15) is 27.2 Å². The van der Waals surface area contributed by atoms with Crippen LogP contribution in [0.2, 0.25) is 0 Å². The lowest BCUT2D eigenvalue weighted by molar-refractivity contribution is -0.137. The summed E-state index contributed by atoms with van der Waals surface area (Å²) in [7, 11) is 0. The summed E-state index contributed by atoms with van der Waals surface area (Å²) in [6.07, 6.45) is -4.45. The topological polar surface area (TPSA) is 59.8 Å². The van der Waals surface area contributed by atoms with Crippen LogP contribution in [0.3, 0.4) is 0 Å². The predicted molar refractivity (Wildman–Crippen MR) is 114 cm³/mol. The molecule has 4 rings (SSSR count). The van der Waals surface area contributed by atoms with Crippen molar-refractivity contribution >= 4 is 23.1 Å².